The van der Waals surface area contributed by atoms with E-state index in [2.05, 4.69) is 4.98 Å². The van der Waals surface area contributed by atoms with E-state index in [1.54, 1.807) is 10.9 Å². The lowest BCUT2D eigenvalue weighted by Gasteiger charge is -2.26. The lowest BCUT2D eigenvalue weighted by Crippen LogP contribution is -2.39. The number of aromatic nitrogens is 2. The number of esters is 1. The fourth-order valence-electron chi connectivity index (χ4n) is 3.37. The maximum absolute atomic E-state index is 12.7. The van der Waals surface area contributed by atoms with E-state index in [0.29, 0.717) is 18.5 Å². The monoisotopic (exact) mass is 326 g/mol. The Bertz CT molecular complexity index is 730. The van der Waals surface area contributed by atoms with E-state index in [0.717, 1.165) is 18.4 Å². The highest BCUT2D eigenvalue weighted by molar-refractivity contribution is 5.93. The Labute approximate surface area is 141 Å². The molecular weight excluding hydrogens is 304 g/mol. The second-order valence-corrected chi connectivity index (χ2v) is 6.42. The molecule has 126 valence electrons. The van der Waals surface area contributed by atoms with Crippen molar-refractivity contribution in [3.8, 4) is 0 Å². The van der Waals surface area contributed by atoms with Crippen molar-refractivity contribution in [1.29, 1.82) is 0 Å². The summed E-state index contributed by atoms with van der Waals surface area (Å²) in [6, 6.07) is 9.85. The second kappa shape index (κ2) is 6.59. The van der Waals surface area contributed by atoms with Gasteiger partial charge >= 0.3 is 5.97 Å². The first-order valence-electron chi connectivity index (χ1n) is 8.35. The molecule has 0 bridgehead atoms. The molecular formula is C19H22N2O3. The highest BCUT2D eigenvalue weighted by Crippen LogP contribution is 2.35. The van der Waals surface area contributed by atoms with Gasteiger partial charge in [0.2, 0.25) is 0 Å². The molecule has 0 aliphatic heterocycles. The topological polar surface area (TPSA) is 61.2 Å². The Balaban J connectivity index is 1.85. The number of Topliss-reactive ketones (excluding diaryl/α,β-unsaturated/α-hetero) is 1. The van der Waals surface area contributed by atoms with Crippen molar-refractivity contribution in [1.82, 2.24) is 9.55 Å². The Morgan fingerprint density at radius 3 is 2.50 bits per heavy atom. The Morgan fingerprint density at radius 2 is 1.88 bits per heavy atom. The molecule has 0 saturated heterocycles. The van der Waals surface area contributed by atoms with Gasteiger partial charge in [0, 0.05) is 0 Å². The summed E-state index contributed by atoms with van der Waals surface area (Å²) < 4.78 is 7.47. The van der Waals surface area contributed by atoms with Crippen LogP contribution in [0.4, 0.5) is 0 Å². The fourth-order valence-corrected chi connectivity index (χ4v) is 3.37. The SMILES string of the molecule is CC(=O)C1(OC(=O)c2cncn2C(C)c2ccccc2)CCCC1. The van der Waals surface area contributed by atoms with E-state index >= 15 is 0 Å². The average Bonchev–Trinajstić information content (AvgIpc) is 3.25. The minimum atomic E-state index is -0.956. The fraction of sp³-hybridized carbons (Fsp3) is 0.421. The van der Waals surface area contributed by atoms with E-state index in [1.165, 1.54) is 13.1 Å². The van der Waals surface area contributed by atoms with Gasteiger partial charge in [0.1, 0.15) is 5.69 Å². The molecule has 1 unspecified atom stereocenters. The van der Waals surface area contributed by atoms with Crippen LogP contribution in [-0.4, -0.2) is 26.9 Å². The largest absolute Gasteiger partial charge is 0.446 e. The van der Waals surface area contributed by atoms with E-state index in [1.807, 2.05) is 37.3 Å². The number of ketones is 1. The lowest BCUT2D eigenvalue weighted by molar-refractivity contribution is -0.135. The molecule has 2 aromatic rings. The third-order valence-electron chi connectivity index (χ3n) is 4.92. The Kier molecular flexibility index (Phi) is 4.51. The molecule has 1 aliphatic carbocycles. The van der Waals surface area contributed by atoms with Crippen LogP contribution in [-0.2, 0) is 9.53 Å². The summed E-state index contributed by atoms with van der Waals surface area (Å²) in [6.07, 6.45) is 6.17. The number of carbonyl (C=O) groups excluding carboxylic acids is 2. The molecule has 1 atom stereocenters. The maximum atomic E-state index is 12.7. The number of benzene rings is 1. The molecule has 3 rings (SSSR count). The maximum Gasteiger partial charge on any atom is 0.357 e. The molecule has 24 heavy (non-hydrogen) atoms. The van der Waals surface area contributed by atoms with Gasteiger partial charge in [-0.05, 0) is 45.1 Å². The summed E-state index contributed by atoms with van der Waals surface area (Å²) in [4.78, 5) is 28.8. The van der Waals surface area contributed by atoms with Gasteiger partial charge in [0.15, 0.2) is 11.4 Å². The van der Waals surface area contributed by atoms with Gasteiger partial charge in [-0.25, -0.2) is 9.78 Å². The predicted octanol–water partition coefficient (Wildman–Crippen LogP) is 3.55. The third kappa shape index (κ3) is 2.98. The number of carbonyl (C=O) groups is 2. The van der Waals surface area contributed by atoms with Crippen molar-refractivity contribution in [3.05, 3.63) is 54.1 Å². The molecule has 1 heterocycles. The van der Waals surface area contributed by atoms with Gasteiger partial charge in [-0.15, -0.1) is 0 Å². The van der Waals surface area contributed by atoms with Crippen LogP contribution in [0.1, 0.15) is 61.6 Å². The van der Waals surface area contributed by atoms with Crippen molar-refractivity contribution in [3.63, 3.8) is 0 Å². The van der Waals surface area contributed by atoms with Crippen molar-refractivity contribution in [2.45, 2.75) is 51.2 Å². The summed E-state index contributed by atoms with van der Waals surface area (Å²) in [5.74, 6) is -0.553. The molecule has 0 N–H and O–H groups in total. The Hall–Kier alpha value is -2.43. The van der Waals surface area contributed by atoms with Gasteiger partial charge in [-0.3, -0.25) is 4.79 Å². The molecule has 1 fully saturated rings. The molecule has 1 aromatic carbocycles. The highest BCUT2D eigenvalue weighted by atomic mass is 16.6. The molecule has 1 aromatic heterocycles. The predicted molar refractivity (Wildman–Crippen MR) is 89.8 cm³/mol. The quantitative estimate of drug-likeness (QED) is 0.788. The average molecular weight is 326 g/mol. The first kappa shape index (κ1) is 16.4. The second-order valence-electron chi connectivity index (χ2n) is 6.42. The number of hydrogen-bond donors (Lipinski definition) is 0. The molecule has 5 nitrogen and oxygen atoms in total. The number of imidazole rings is 1. The van der Waals surface area contributed by atoms with Gasteiger partial charge in [-0.1, -0.05) is 30.3 Å². The molecule has 0 spiro atoms. The number of hydrogen-bond acceptors (Lipinski definition) is 4. The highest BCUT2D eigenvalue weighted by Gasteiger charge is 2.43. The van der Waals surface area contributed by atoms with Crippen LogP contribution in [0.25, 0.3) is 0 Å². The third-order valence-corrected chi connectivity index (χ3v) is 4.92. The van der Waals surface area contributed by atoms with Crippen LogP contribution in [0.5, 0.6) is 0 Å². The standard InChI is InChI=1S/C19H22N2O3/c1-14(16-8-4-3-5-9-16)21-13-20-12-17(21)18(23)24-19(15(2)22)10-6-7-11-19/h3-5,8-9,12-14H,6-7,10-11H2,1-2H3. The van der Waals surface area contributed by atoms with Crippen LogP contribution < -0.4 is 0 Å². The van der Waals surface area contributed by atoms with Crippen molar-refractivity contribution in [2.75, 3.05) is 0 Å². The zero-order valence-corrected chi connectivity index (χ0v) is 14.1. The minimum Gasteiger partial charge on any atom is -0.446 e. The number of ether oxygens (including phenoxy) is 1. The van der Waals surface area contributed by atoms with Crippen LogP contribution in [0.2, 0.25) is 0 Å². The van der Waals surface area contributed by atoms with Crippen molar-refractivity contribution < 1.29 is 14.3 Å². The zero-order valence-electron chi connectivity index (χ0n) is 14.1. The van der Waals surface area contributed by atoms with E-state index in [4.69, 9.17) is 4.74 Å². The summed E-state index contributed by atoms with van der Waals surface area (Å²) in [5, 5.41) is 0. The summed E-state index contributed by atoms with van der Waals surface area (Å²) in [6.45, 7) is 3.51. The van der Waals surface area contributed by atoms with Gasteiger partial charge in [-0.2, -0.15) is 0 Å². The van der Waals surface area contributed by atoms with Crippen LogP contribution >= 0.6 is 0 Å². The van der Waals surface area contributed by atoms with E-state index in [-0.39, 0.29) is 11.8 Å². The number of nitrogens with zero attached hydrogens (tertiary/aromatic N) is 2. The van der Waals surface area contributed by atoms with Crippen LogP contribution in [0.3, 0.4) is 0 Å². The van der Waals surface area contributed by atoms with E-state index < -0.39 is 11.6 Å². The van der Waals surface area contributed by atoms with Gasteiger partial charge in [0.05, 0.1) is 18.6 Å². The molecule has 5 heteroatoms. The normalized spacial score (nSPS) is 17.4. The molecule has 1 aliphatic rings. The summed E-state index contributed by atoms with van der Waals surface area (Å²) >= 11 is 0. The van der Waals surface area contributed by atoms with Gasteiger partial charge in [0.25, 0.3) is 0 Å². The summed E-state index contributed by atoms with van der Waals surface area (Å²) in [5.41, 5.74) is 0.493. The zero-order chi connectivity index (χ0) is 17.2. The van der Waals surface area contributed by atoms with Crippen molar-refractivity contribution in [2.24, 2.45) is 0 Å². The lowest BCUT2D eigenvalue weighted by atomic mass is 9.97. The molecule has 0 amide bonds. The van der Waals surface area contributed by atoms with Crippen molar-refractivity contribution >= 4 is 11.8 Å². The Morgan fingerprint density at radius 1 is 1.21 bits per heavy atom. The molecule has 1 saturated carbocycles. The van der Waals surface area contributed by atoms with Crippen LogP contribution in [0, 0.1) is 0 Å². The van der Waals surface area contributed by atoms with Gasteiger partial charge < -0.3 is 9.30 Å². The first-order valence-corrected chi connectivity index (χ1v) is 8.35. The minimum absolute atomic E-state index is 0.0480. The molecule has 0 radical (unpaired) electrons. The first-order chi connectivity index (χ1) is 11.5. The smallest absolute Gasteiger partial charge is 0.357 e. The van der Waals surface area contributed by atoms with Crippen LogP contribution in [0.15, 0.2) is 42.9 Å². The van der Waals surface area contributed by atoms with E-state index in [9.17, 15) is 9.59 Å². The summed E-state index contributed by atoms with van der Waals surface area (Å²) in [7, 11) is 0. The number of rotatable bonds is 5.